The van der Waals surface area contributed by atoms with Crippen LogP contribution in [0.5, 0.6) is 5.75 Å². The quantitative estimate of drug-likeness (QED) is 0.914. The number of anilines is 1. The lowest BCUT2D eigenvalue weighted by atomic mass is 10.2. The minimum absolute atomic E-state index is 0.0992. The number of nitrogens with one attached hydrogen (secondary N) is 1. The number of benzene rings is 1. The maximum absolute atomic E-state index is 12.3. The minimum Gasteiger partial charge on any atom is -0.497 e. The van der Waals surface area contributed by atoms with E-state index >= 15 is 0 Å². The van der Waals surface area contributed by atoms with Gasteiger partial charge in [-0.3, -0.25) is 9.71 Å². The predicted octanol–water partition coefficient (Wildman–Crippen LogP) is 2.96. The molecule has 7 heteroatoms. The summed E-state index contributed by atoms with van der Waals surface area (Å²) in [6.07, 6.45) is 2.82. The summed E-state index contributed by atoms with van der Waals surface area (Å²) in [5, 5.41) is 0. The van der Waals surface area contributed by atoms with E-state index < -0.39 is 10.0 Å². The van der Waals surface area contributed by atoms with E-state index in [2.05, 4.69) is 25.6 Å². The van der Waals surface area contributed by atoms with Crippen LogP contribution >= 0.6 is 15.9 Å². The second-order valence-corrected chi connectivity index (χ2v) is 6.72. The third-order valence-corrected chi connectivity index (χ3v) is 4.43. The van der Waals surface area contributed by atoms with Crippen LogP contribution in [0.2, 0.25) is 0 Å². The van der Waals surface area contributed by atoms with E-state index in [4.69, 9.17) is 4.74 Å². The number of hydrogen-bond acceptors (Lipinski definition) is 4. The normalized spacial score (nSPS) is 11.2. The zero-order chi connectivity index (χ0) is 14.8. The molecule has 0 aliphatic carbocycles. The Balaban J connectivity index is 2.33. The molecule has 0 atom stereocenters. The van der Waals surface area contributed by atoms with Crippen LogP contribution in [0.4, 0.5) is 5.69 Å². The van der Waals surface area contributed by atoms with E-state index in [9.17, 15) is 8.42 Å². The average Bonchev–Trinajstić information content (AvgIpc) is 2.41. The molecule has 0 bridgehead atoms. The van der Waals surface area contributed by atoms with E-state index in [1.165, 1.54) is 18.5 Å². The highest BCUT2D eigenvalue weighted by molar-refractivity contribution is 9.10. The van der Waals surface area contributed by atoms with Crippen molar-refractivity contribution in [3.05, 3.63) is 46.7 Å². The molecule has 2 aromatic rings. The number of sulfonamides is 1. The molecule has 0 saturated heterocycles. The second kappa shape index (κ2) is 5.80. The molecule has 20 heavy (non-hydrogen) atoms. The van der Waals surface area contributed by atoms with Crippen LogP contribution in [0.1, 0.15) is 5.56 Å². The SMILES string of the molecule is COc1ccc(NS(=O)(=O)c2cncc(Br)c2)c(C)c1. The summed E-state index contributed by atoms with van der Waals surface area (Å²) in [6, 6.07) is 6.62. The Kier molecular flexibility index (Phi) is 4.29. The largest absolute Gasteiger partial charge is 0.497 e. The first-order valence-corrected chi connectivity index (χ1v) is 7.98. The van der Waals surface area contributed by atoms with Crippen molar-refractivity contribution in [1.82, 2.24) is 4.98 Å². The van der Waals surface area contributed by atoms with Crippen molar-refractivity contribution in [1.29, 1.82) is 0 Å². The Morgan fingerprint density at radius 2 is 2.00 bits per heavy atom. The number of aryl methyl sites for hydroxylation is 1. The van der Waals surface area contributed by atoms with Gasteiger partial charge < -0.3 is 4.74 Å². The van der Waals surface area contributed by atoms with Gasteiger partial charge in [-0.15, -0.1) is 0 Å². The van der Waals surface area contributed by atoms with Crippen LogP contribution in [-0.2, 0) is 10.0 Å². The van der Waals surface area contributed by atoms with Gasteiger partial charge >= 0.3 is 0 Å². The molecule has 106 valence electrons. The summed E-state index contributed by atoms with van der Waals surface area (Å²) >= 11 is 3.20. The van der Waals surface area contributed by atoms with Crippen molar-refractivity contribution < 1.29 is 13.2 Å². The fourth-order valence-electron chi connectivity index (χ4n) is 1.62. The Morgan fingerprint density at radius 1 is 1.25 bits per heavy atom. The number of halogens is 1. The zero-order valence-corrected chi connectivity index (χ0v) is 13.3. The fraction of sp³-hybridized carbons (Fsp3) is 0.154. The van der Waals surface area contributed by atoms with Gasteiger partial charge in [0.15, 0.2) is 0 Å². The summed E-state index contributed by atoms with van der Waals surface area (Å²) in [5.41, 5.74) is 1.28. The maximum atomic E-state index is 12.3. The number of aromatic nitrogens is 1. The maximum Gasteiger partial charge on any atom is 0.263 e. The Hall–Kier alpha value is -1.60. The summed E-state index contributed by atoms with van der Waals surface area (Å²) in [6.45, 7) is 1.81. The van der Waals surface area contributed by atoms with Crippen LogP contribution in [0.3, 0.4) is 0 Å². The first-order valence-electron chi connectivity index (χ1n) is 5.70. The smallest absolute Gasteiger partial charge is 0.263 e. The highest BCUT2D eigenvalue weighted by atomic mass is 79.9. The van der Waals surface area contributed by atoms with Crippen LogP contribution in [0.25, 0.3) is 0 Å². The van der Waals surface area contributed by atoms with Crippen LogP contribution in [0, 0.1) is 6.92 Å². The first-order chi connectivity index (χ1) is 9.42. The van der Waals surface area contributed by atoms with Crippen molar-refractivity contribution in [3.8, 4) is 5.75 Å². The summed E-state index contributed by atoms with van der Waals surface area (Å²) in [5.74, 6) is 0.676. The molecule has 0 radical (unpaired) electrons. The number of ether oxygens (including phenoxy) is 1. The van der Waals surface area contributed by atoms with Gasteiger partial charge in [0.1, 0.15) is 10.6 Å². The van der Waals surface area contributed by atoms with E-state index in [1.54, 1.807) is 32.2 Å². The predicted molar refractivity (Wildman–Crippen MR) is 80.5 cm³/mol. The lowest BCUT2D eigenvalue weighted by molar-refractivity contribution is 0.414. The molecule has 0 spiro atoms. The van der Waals surface area contributed by atoms with Gasteiger partial charge in [0, 0.05) is 16.9 Å². The lowest BCUT2D eigenvalue weighted by Crippen LogP contribution is -2.14. The molecule has 0 amide bonds. The molecule has 1 N–H and O–H groups in total. The minimum atomic E-state index is -3.66. The van der Waals surface area contributed by atoms with Crippen molar-refractivity contribution in [2.75, 3.05) is 11.8 Å². The zero-order valence-electron chi connectivity index (χ0n) is 10.9. The molecule has 1 aromatic carbocycles. The third-order valence-electron chi connectivity index (χ3n) is 2.67. The number of rotatable bonds is 4. The van der Waals surface area contributed by atoms with Crippen LogP contribution in [-0.4, -0.2) is 20.5 Å². The Morgan fingerprint density at radius 3 is 2.60 bits per heavy atom. The van der Waals surface area contributed by atoms with Gasteiger partial charge in [0.2, 0.25) is 0 Å². The third kappa shape index (κ3) is 3.29. The average molecular weight is 357 g/mol. The highest BCUT2D eigenvalue weighted by Crippen LogP contribution is 2.24. The number of methoxy groups -OCH3 is 1. The van der Waals surface area contributed by atoms with Gasteiger partial charge in [0.25, 0.3) is 10.0 Å². The first kappa shape index (κ1) is 14.8. The molecule has 1 aromatic heterocycles. The van der Waals surface area contributed by atoms with Crippen molar-refractivity contribution in [3.63, 3.8) is 0 Å². The molecule has 0 aliphatic heterocycles. The number of hydrogen-bond donors (Lipinski definition) is 1. The molecular formula is C13H13BrN2O3S. The van der Waals surface area contributed by atoms with Crippen molar-refractivity contribution >= 4 is 31.6 Å². The van der Waals surface area contributed by atoms with Crippen molar-refractivity contribution in [2.45, 2.75) is 11.8 Å². The van der Waals surface area contributed by atoms with Gasteiger partial charge in [-0.25, -0.2) is 8.42 Å². The molecule has 1 heterocycles. The summed E-state index contributed by atoms with van der Waals surface area (Å²) in [4.78, 5) is 3.96. The van der Waals surface area contributed by atoms with Gasteiger partial charge in [-0.2, -0.15) is 0 Å². The summed E-state index contributed by atoms with van der Waals surface area (Å²) in [7, 11) is -2.10. The molecule has 0 saturated carbocycles. The molecular weight excluding hydrogens is 344 g/mol. The van der Waals surface area contributed by atoms with Crippen molar-refractivity contribution in [2.24, 2.45) is 0 Å². The molecule has 2 rings (SSSR count). The molecule has 0 aliphatic rings. The molecule has 0 unspecified atom stereocenters. The topological polar surface area (TPSA) is 68.3 Å². The monoisotopic (exact) mass is 356 g/mol. The van der Waals surface area contributed by atoms with Crippen LogP contribution in [0.15, 0.2) is 46.0 Å². The second-order valence-electron chi connectivity index (χ2n) is 4.13. The van der Waals surface area contributed by atoms with E-state index in [-0.39, 0.29) is 4.90 Å². The number of nitrogens with zero attached hydrogens (tertiary/aromatic N) is 1. The van der Waals surface area contributed by atoms with E-state index in [1.807, 2.05) is 0 Å². The van der Waals surface area contributed by atoms with Gasteiger partial charge in [0.05, 0.1) is 12.8 Å². The Labute approximate surface area is 126 Å². The Bertz CT molecular complexity index is 732. The summed E-state index contributed by atoms with van der Waals surface area (Å²) < 4.78 is 32.7. The highest BCUT2D eigenvalue weighted by Gasteiger charge is 2.16. The van der Waals surface area contributed by atoms with Crippen LogP contribution < -0.4 is 9.46 Å². The molecule has 0 fully saturated rings. The van der Waals surface area contributed by atoms with Gasteiger partial charge in [-0.1, -0.05) is 0 Å². The lowest BCUT2D eigenvalue weighted by Gasteiger charge is -2.11. The van der Waals surface area contributed by atoms with E-state index in [0.29, 0.717) is 15.9 Å². The molecule has 5 nitrogen and oxygen atoms in total. The van der Waals surface area contributed by atoms with E-state index in [0.717, 1.165) is 5.56 Å². The number of pyridine rings is 1. The fourth-order valence-corrected chi connectivity index (χ4v) is 3.26. The standard InChI is InChI=1S/C13H13BrN2O3S/c1-9-5-11(19-2)3-4-13(9)16-20(17,18)12-6-10(14)7-15-8-12/h3-8,16H,1-2H3. The van der Waals surface area contributed by atoms with Gasteiger partial charge in [-0.05, 0) is 52.7 Å².